The first-order valence-electron chi connectivity index (χ1n) is 13.2. The maximum atomic E-state index is 13.1. The third kappa shape index (κ3) is 5.07. The van der Waals surface area contributed by atoms with Crippen molar-refractivity contribution in [3.63, 3.8) is 0 Å². The Balaban J connectivity index is 1.40. The predicted molar refractivity (Wildman–Crippen MR) is 131 cm³/mol. The van der Waals surface area contributed by atoms with Gasteiger partial charge in [0.2, 0.25) is 0 Å². The summed E-state index contributed by atoms with van der Waals surface area (Å²) >= 11 is 0. The van der Waals surface area contributed by atoms with Gasteiger partial charge in [0.05, 0.1) is 12.2 Å². The Hall–Kier alpha value is -1.08. The summed E-state index contributed by atoms with van der Waals surface area (Å²) in [7, 11) is 0. The number of piperidine rings is 1. The van der Waals surface area contributed by atoms with Crippen molar-refractivity contribution < 1.29 is 24.1 Å². The van der Waals surface area contributed by atoms with E-state index < -0.39 is 24.2 Å². The van der Waals surface area contributed by atoms with Crippen LogP contribution in [0.4, 0.5) is 8.78 Å². The molecule has 0 amide bonds. The fourth-order valence-electron chi connectivity index (χ4n) is 7.52. The van der Waals surface area contributed by atoms with E-state index in [2.05, 4.69) is 37.5 Å². The maximum Gasteiger partial charge on any atom is 0.266 e. The molecule has 1 aliphatic heterocycles. The number of likely N-dealkylation sites (tertiary alicyclic amines) is 1. The third-order valence-corrected chi connectivity index (χ3v) is 9.70. The molecule has 0 unspecified atom stereocenters. The van der Waals surface area contributed by atoms with Crippen molar-refractivity contribution in [1.29, 1.82) is 0 Å². The van der Waals surface area contributed by atoms with Crippen LogP contribution in [0.5, 0.6) is 0 Å². The Labute approximate surface area is 203 Å². The van der Waals surface area contributed by atoms with Crippen LogP contribution in [0, 0.1) is 23.2 Å². The molecule has 0 spiro atoms. The Kier molecular flexibility index (Phi) is 7.74. The quantitative estimate of drug-likeness (QED) is 0.493. The molecule has 4 aliphatic rings. The van der Waals surface area contributed by atoms with Crippen molar-refractivity contribution in [3.8, 4) is 0 Å². The Morgan fingerprint density at radius 1 is 1.09 bits per heavy atom. The van der Waals surface area contributed by atoms with Gasteiger partial charge in [-0.15, -0.1) is 0 Å². The molecule has 4 nitrogen and oxygen atoms in total. The number of alkyl halides is 2. The van der Waals surface area contributed by atoms with E-state index in [1.165, 1.54) is 31.3 Å². The van der Waals surface area contributed by atoms with E-state index in [1.54, 1.807) is 0 Å². The topological polar surface area (TPSA) is 63.9 Å². The first-order valence-corrected chi connectivity index (χ1v) is 13.2. The van der Waals surface area contributed by atoms with Gasteiger partial charge in [-0.3, -0.25) is 0 Å². The molecule has 1 saturated heterocycles. The van der Waals surface area contributed by atoms with Crippen LogP contribution >= 0.6 is 0 Å². The summed E-state index contributed by atoms with van der Waals surface area (Å²) in [4.78, 5) is 2.27. The van der Waals surface area contributed by atoms with Crippen molar-refractivity contribution in [2.75, 3.05) is 19.6 Å². The molecule has 1 heterocycles. The molecule has 34 heavy (non-hydrogen) atoms. The third-order valence-electron chi connectivity index (χ3n) is 9.70. The molecule has 0 aromatic heterocycles. The summed E-state index contributed by atoms with van der Waals surface area (Å²) in [5.41, 5.74) is 1.56. The normalized spacial score (nSPS) is 38.9. The Morgan fingerprint density at radius 2 is 1.74 bits per heavy atom. The minimum atomic E-state index is -2.66. The van der Waals surface area contributed by atoms with Crippen molar-refractivity contribution in [2.45, 2.75) is 95.9 Å². The van der Waals surface area contributed by atoms with Crippen LogP contribution in [0.15, 0.2) is 35.5 Å². The van der Waals surface area contributed by atoms with Crippen LogP contribution < -0.4 is 0 Å². The van der Waals surface area contributed by atoms with Crippen LogP contribution in [0.2, 0.25) is 0 Å². The minimum Gasteiger partial charge on any atom is -0.388 e. The van der Waals surface area contributed by atoms with E-state index in [-0.39, 0.29) is 18.3 Å². The van der Waals surface area contributed by atoms with E-state index in [0.29, 0.717) is 49.3 Å². The molecule has 0 radical (unpaired) electrons. The molecule has 4 rings (SSSR count). The molecule has 3 saturated carbocycles. The van der Waals surface area contributed by atoms with Gasteiger partial charge in [-0.1, -0.05) is 43.7 Å². The largest absolute Gasteiger partial charge is 0.388 e. The van der Waals surface area contributed by atoms with E-state index in [1.807, 2.05) is 0 Å². The predicted octanol–water partition coefficient (Wildman–Crippen LogP) is 4.86. The number of hydrogen-bond donors (Lipinski definition) is 3. The standard InChI is InChI=1S/C28H43F2NO3/c1-18(17-31-13-11-28(34,12-14-31)26(29)30)22-8-9-23-21(5-4-10-27(22,23)3)7-6-20-15-24(32)19(2)25(33)16-20/h6-7,18,22-26,32-34H,2,4-5,8-17H2,1,3H3/b21-7+/t18-,22-,23+,24-,25-,27-/m1/s1. The number of aliphatic hydroxyl groups excluding tert-OH is 2. The molecule has 0 bridgehead atoms. The Bertz CT molecular complexity index is 800. The van der Waals surface area contributed by atoms with Crippen molar-refractivity contribution in [2.24, 2.45) is 23.2 Å². The number of allylic oxidation sites excluding steroid dienone is 3. The monoisotopic (exact) mass is 479 g/mol. The van der Waals surface area contributed by atoms with Crippen LogP contribution in [0.25, 0.3) is 0 Å². The summed E-state index contributed by atoms with van der Waals surface area (Å²) in [5, 5.41) is 30.4. The average molecular weight is 480 g/mol. The number of halogens is 2. The SMILES string of the molecule is C=C1[C@H](O)CC(=C/C=C2\CCC[C@]3(C)[C@@H]([C@H](C)CN4CCC(O)(C(F)F)CC4)CC[C@@H]23)C[C@H]1O. The Morgan fingerprint density at radius 3 is 2.35 bits per heavy atom. The van der Waals surface area contributed by atoms with Gasteiger partial charge in [-0.25, -0.2) is 8.78 Å². The van der Waals surface area contributed by atoms with Crippen molar-refractivity contribution >= 4 is 0 Å². The zero-order chi connectivity index (χ0) is 24.7. The fraction of sp³-hybridized carbons (Fsp3) is 0.786. The highest BCUT2D eigenvalue weighted by molar-refractivity contribution is 5.29. The van der Waals surface area contributed by atoms with Crippen LogP contribution in [0.1, 0.15) is 71.6 Å². The lowest BCUT2D eigenvalue weighted by Gasteiger charge is -2.46. The van der Waals surface area contributed by atoms with Crippen LogP contribution in [-0.2, 0) is 0 Å². The second kappa shape index (κ2) is 10.1. The average Bonchev–Trinajstić information content (AvgIpc) is 3.15. The zero-order valence-electron chi connectivity index (χ0n) is 20.9. The van der Waals surface area contributed by atoms with Crippen LogP contribution in [-0.4, -0.2) is 64.1 Å². The summed E-state index contributed by atoms with van der Waals surface area (Å²) < 4.78 is 26.3. The van der Waals surface area contributed by atoms with Gasteiger partial charge in [0, 0.05) is 19.6 Å². The zero-order valence-corrected chi connectivity index (χ0v) is 20.9. The van der Waals surface area contributed by atoms with E-state index in [9.17, 15) is 24.1 Å². The molecule has 3 aliphatic carbocycles. The lowest BCUT2D eigenvalue weighted by Crippen LogP contribution is -2.50. The second-order valence-corrected chi connectivity index (χ2v) is 11.9. The number of nitrogens with zero attached hydrogens (tertiary/aromatic N) is 1. The van der Waals surface area contributed by atoms with Gasteiger partial charge in [0.25, 0.3) is 6.43 Å². The summed E-state index contributed by atoms with van der Waals surface area (Å²) in [5.74, 6) is 1.65. The van der Waals surface area contributed by atoms with Gasteiger partial charge >= 0.3 is 0 Å². The highest BCUT2D eigenvalue weighted by Gasteiger charge is 2.51. The molecule has 4 fully saturated rings. The first-order chi connectivity index (χ1) is 16.0. The smallest absolute Gasteiger partial charge is 0.266 e. The molecular formula is C28H43F2NO3. The summed E-state index contributed by atoms with van der Waals surface area (Å²) in [6.07, 6.45) is 7.74. The minimum absolute atomic E-state index is 0.153. The molecule has 0 aromatic rings. The van der Waals surface area contributed by atoms with E-state index >= 15 is 0 Å². The van der Waals surface area contributed by atoms with Gasteiger partial charge < -0.3 is 20.2 Å². The molecular weight excluding hydrogens is 436 g/mol. The number of hydrogen-bond acceptors (Lipinski definition) is 4. The second-order valence-electron chi connectivity index (χ2n) is 11.9. The first kappa shape index (κ1) is 26.0. The van der Waals surface area contributed by atoms with E-state index in [0.717, 1.165) is 18.5 Å². The van der Waals surface area contributed by atoms with Crippen LogP contribution in [0.3, 0.4) is 0 Å². The van der Waals surface area contributed by atoms with Gasteiger partial charge in [-0.2, -0.15) is 0 Å². The fourth-order valence-corrected chi connectivity index (χ4v) is 7.52. The van der Waals surface area contributed by atoms with Gasteiger partial charge in [0.1, 0.15) is 5.60 Å². The van der Waals surface area contributed by atoms with Crippen molar-refractivity contribution in [3.05, 3.63) is 35.5 Å². The number of rotatable bonds is 5. The number of fused-ring (bicyclic) bond motifs is 1. The number of aliphatic hydroxyl groups is 3. The molecule has 6 heteroatoms. The lowest BCUT2D eigenvalue weighted by atomic mass is 9.61. The molecule has 6 atom stereocenters. The highest BCUT2D eigenvalue weighted by Crippen LogP contribution is 2.59. The molecule has 0 aromatic carbocycles. The molecule has 3 N–H and O–H groups in total. The summed E-state index contributed by atoms with van der Waals surface area (Å²) in [6.45, 7) is 10.6. The summed E-state index contributed by atoms with van der Waals surface area (Å²) in [6, 6.07) is 0. The van der Waals surface area contributed by atoms with E-state index in [4.69, 9.17) is 0 Å². The lowest BCUT2D eigenvalue weighted by molar-refractivity contribution is -0.128. The van der Waals surface area contributed by atoms with Gasteiger partial charge in [-0.05, 0) is 86.5 Å². The van der Waals surface area contributed by atoms with Gasteiger partial charge in [0.15, 0.2) is 0 Å². The highest BCUT2D eigenvalue weighted by atomic mass is 19.3. The maximum absolute atomic E-state index is 13.1. The van der Waals surface area contributed by atoms with Crippen molar-refractivity contribution in [1.82, 2.24) is 4.90 Å². The molecule has 192 valence electrons.